The predicted octanol–water partition coefficient (Wildman–Crippen LogP) is 4.21. The third kappa shape index (κ3) is 5.06. The Labute approximate surface area is 217 Å². The van der Waals surface area contributed by atoms with Gasteiger partial charge in [0.25, 0.3) is 0 Å². The first-order valence-corrected chi connectivity index (χ1v) is 13.2. The second-order valence-corrected chi connectivity index (χ2v) is 10.2. The van der Waals surface area contributed by atoms with E-state index in [0.29, 0.717) is 18.6 Å². The lowest BCUT2D eigenvalue weighted by atomic mass is 10.1. The Kier molecular flexibility index (Phi) is 6.80. The fourth-order valence-corrected chi connectivity index (χ4v) is 5.42. The van der Waals surface area contributed by atoms with Crippen LogP contribution in [0.2, 0.25) is 0 Å². The third-order valence-electron chi connectivity index (χ3n) is 7.66. The van der Waals surface area contributed by atoms with Gasteiger partial charge in [-0.3, -0.25) is 9.36 Å². The molecule has 3 aromatic heterocycles. The minimum atomic E-state index is 0.339. The second kappa shape index (κ2) is 10.5. The second-order valence-electron chi connectivity index (χ2n) is 10.2. The molecule has 0 atom stereocenters. The molecule has 0 spiro atoms. The van der Waals surface area contributed by atoms with Crippen LogP contribution >= 0.6 is 0 Å². The Morgan fingerprint density at radius 3 is 2.59 bits per heavy atom. The van der Waals surface area contributed by atoms with E-state index in [1.165, 1.54) is 0 Å². The van der Waals surface area contributed by atoms with E-state index >= 15 is 0 Å². The number of pyridine rings is 1. The van der Waals surface area contributed by atoms with Crippen molar-refractivity contribution in [2.45, 2.75) is 44.3 Å². The van der Waals surface area contributed by atoms with Crippen LogP contribution in [0.5, 0.6) is 5.75 Å². The molecular weight excluding hydrogens is 466 g/mol. The monoisotopic (exact) mass is 501 g/mol. The van der Waals surface area contributed by atoms with Crippen LogP contribution in [-0.4, -0.2) is 75.9 Å². The summed E-state index contributed by atoms with van der Waals surface area (Å²) in [6, 6.07) is 11.0. The minimum Gasteiger partial charge on any atom is -0.497 e. The number of methoxy groups -OCH3 is 1. The van der Waals surface area contributed by atoms with Gasteiger partial charge in [0.2, 0.25) is 0 Å². The number of ether oxygens (including phenoxy) is 2. The molecule has 0 unspecified atom stereocenters. The lowest BCUT2D eigenvalue weighted by Crippen LogP contribution is -2.31. The van der Waals surface area contributed by atoms with Crippen molar-refractivity contribution in [1.82, 2.24) is 29.4 Å². The third-order valence-corrected chi connectivity index (χ3v) is 7.66. The van der Waals surface area contributed by atoms with Gasteiger partial charge in [-0.05, 0) is 69.6 Å². The summed E-state index contributed by atoms with van der Waals surface area (Å²) in [7, 11) is 3.88. The van der Waals surface area contributed by atoms with Gasteiger partial charge in [0.05, 0.1) is 36.8 Å². The molecule has 37 heavy (non-hydrogen) atoms. The summed E-state index contributed by atoms with van der Waals surface area (Å²) < 4.78 is 15.1. The Balaban J connectivity index is 1.38. The lowest BCUT2D eigenvalue weighted by molar-refractivity contribution is 0.0904. The van der Waals surface area contributed by atoms with Crippen molar-refractivity contribution in [2.24, 2.45) is 0 Å². The number of hydrogen-bond acceptors (Lipinski definition) is 7. The topological polar surface area (TPSA) is 82.3 Å². The molecule has 9 nitrogen and oxygen atoms in total. The maximum atomic E-state index is 5.57. The molecule has 0 bridgehead atoms. The highest BCUT2D eigenvalue weighted by molar-refractivity contribution is 6.00. The summed E-state index contributed by atoms with van der Waals surface area (Å²) in [6.07, 6.45) is 10.2. The average molecular weight is 502 g/mol. The zero-order chi connectivity index (χ0) is 25.2. The van der Waals surface area contributed by atoms with E-state index in [1.54, 1.807) is 7.11 Å². The molecule has 0 saturated carbocycles. The maximum absolute atomic E-state index is 5.57. The first kappa shape index (κ1) is 23.9. The van der Waals surface area contributed by atoms with Crippen molar-refractivity contribution >= 4 is 16.7 Å². The van der Waals surface area contributed by atoms with Crippen molar-refractivity contribution in [2.75, 3.05) is 45.8 Å². The quantitative estimate of drug-likeness (QED) is 0.406. The number of benzene rings is 1. The van der Waals surface area contributed by atoms with Crippen LogP contribution in [-0.2, 0) is 11.3 Å². The number of rotatable bonds is 7. The molecule has 9 heteroatoms. The maximum Gasteiger partial charge on any atom is 0.137 e. The first-order chi connectivity index (χ1) is 18.2. The van der Waals surface area contributed by atoms with Crippen molar-refractivity contribution < 1.29 is 9.47 Å². The van der Waals surface area contributed by atoms with Crippen LogP contribution in [0.15, 0.2) is 48.9 Å². The number of hydrogen-bond donors (Lipinski definition) is 1. The summed E-state index contributed by atoms with van der Waals surface area (Å²) in [6.45, 7) is 4.41. The van der Waals surface area contributed by atoms with Crippen LogP contribution in [0.25, 0.3) is 22.2 Å². The summed E-state index contributed by atoms with van der Waals surface area (Å²) in [5.41, 5.74) is 4.17. The highest BCUT2D eigenvalue weighted by Crippen LogP contribution is 2.34. The Bertz CT molecular complexity index is 1330. The van der Waals surface area contributed by atoms with E-state index in [1.807, 2.05) is 24.5 Å². The summed E-state index contributed by atoms with van der Waals surface area (Å²) >= 11 is 0. The van der Waals surface area contributed by atoms with Crippen molar-refractivity contribution in [3.8, 4) is 17.0 Å². The molecule has 0 aliphatic carbocycles. The number of aromatic nitrogens is 5. The Morgan fingerprint density at radius 2 is 1.84 bits per heavy atom. The molecule has 0 radical (unpaired) electrons. The largest absolute Gasteiger partial charge is 0.497 e. The highest BCUT2D eigenvalue weighted by Gasteiger charge is 2.23. The predicted molar refractivity (Wildman–Crippen MR) is 144 cm³/mol. The van der Waals surface area contributed by atoms with E-state index in [-0.39, 0.29) is 0 Å². The fraction of sp³-hybridized carbons (Fsp3) is 0.464. The number of piperidine rings is 1. The van der Waals surface area contributed by atoms with Gasteiger partial charge in [-0.15, -0.1) is 0 Å². The zero-order valence-electron chi connectivity index (χ0n) is 21.6. The number of anilines is 1. The zero-order valence-corrected chi connectivity index (χ0v) is 21.6. The first-order valence-electron chi connectivity index (χ1n) is 13.2. The van der Waals surface area contributed by atoms with Crippen LogP contribution in [0, 0.1) is 0 Å². The Morgan fingerprint density at radius 1 is 1.05 bits per heavy atom. The van der Waals surface area contributed by atoms with Gasteiger partial charge in [0, 0.05) is 37.2 Å². The summed E-state index contributed by atoms with van der Waals surface area (Å²) in [5, 5.41) is 14.7. The van der Waals surface area contributed by atoms with Gasteiger partial charge in [-0.1, -0.05) is 12.1 Å². The molecule has 0 amide bonds. The van der Waals surface area contributed by atoms with E-state index < -0.39 is 0 Å². The van der Waals surface area contributed by atoms with Gasteiger partial charge >= 0.3 is 0 Å². The summed E-state index contributed by atoms with van der Waals surface area (Å²) in [4.78, 5) is 7.16. The normalized spacial score (nSPS) is 17.9. The van der Waals surface area contributed by atoms with E-state index in [4.69, 9.17) is 24.7 Å². The summed E-state index contributed by atoms with van der Waals surface area (Å²) in [5.74, 6) is 1.73. The highest BCUT2D eigenvalue weighted by atomic mass is 16.5. The van der Waals surface area contributed by atoms with Gasteiger partial charge < -0.3 is 19.7 Å². The SMILES string of the molecule is COc1ccc(Cn2nc(-c3cnn(C4CCN(C)CC4)c3)c3c(NC4CCOCC4)nccc32)cc1. The van der Waals surface area contributed by atoms with Crippen molar-refractivity contribution in [3.05, 3.63) is 54.5 Å². The van der Waals surface area contributed by atoms with E-state index in [0.717, 1.165) is 91.3 Å². The lowest BCUT2D eigenvalue weighted by Gasteiger charge is -2.28. The molecule has 2 aliphatic heterocycles. The number of nitrogens with one attached hydrogen (secondary N) is 1. The smallest absolute Gasteiger partial charge is 0.137 e. The molecule has 5 heterocycles. The van der Waals surface area contributed by atoms with Gasteiger partial charge in [0.1, 0.15) is 17.3 Å². The van der Waals surface area contributed by atoms with Gasteiger partial charge in [-0.25, -0.2) is 4.98 Å². The fourth-order valence-electron chi connectivity index (χ4n) is 5.42. The standard InChI is InChI=1S/C28H35N7O2/c1-33-13-8-23(9-14-33)34-19-21(17-30-34)27-26-25(7-12-29-28(26)31-22-10-15-37-16-11-22)35(32-27)18-20-3-5-24(36-2)6-4-20/h3-7,12,17,19,22-23H,8-11,13-16,18H2,1-2H3,(H,29,31). The molecule has 2 saturated heterocycles. The number of likely N-dealkylation sites (tertiary alicyclic amines) is 1. The van der Waals surface area contributed by atoms with Crippen molar-refractivity contribution in [1.29, 1.82) is 0 Å². The van der Waals surface area contributed by atoms with E-state index in [9.17, 15) is 0 Å². The molecule has 4 aromatic rings. The molecule has 2 aliphatic rings. The molecule has 6 rings (SSSR count). The molecule has 1 N–H and O–H groups in total. The van der Waals surface area contributed by atoms with Gasteiger partial charge in [0.15, 0.2) is 0 Å². The van der Waals surface area contributed by atoms with Crippen molar-refractivity contribution in [3.63, 3.8) is 0 Å². The minimum absolute atomic E-state index is 0.339. The van der Waals surface area contributed by atoms with Crippen LogP contribution in [0.1, 0.15) is 37.3 Å². The van der Waals surface area contributed by atoms with Crippen LogP contribution in [0.3, 0.4) is 0 Å². The van der Waals surface area contributed by atoms with Gasteiger partial charge in [-0.2, -0.15) is 10.2 Å². The number of nitrogens with zero attached hydrogens (tertiary/aromatic N) is 6. The molecule has 1 aromatic carbocycles. The number of fused-ring (bicyclic) bond motifs is 1. The van der Waals surface area contributed by atoms with Crippen LogP contribution in [0.4, 0.5) is 5.82 Å². The molecule has 194 valence electrons. The molecular formula is C28H35N7O2. The van der Waals surface area contributed by atoms with E-state index in [2.05, 4.69) is 51.0 Å². The molecule has 2 fully saturated rings. The average Bonchev–Trinajstić information content (AvgIpc) is 3.56. The Hall–Kier alpha value is -3.43. The van der Waals surface area contributed by atoms with Crippen LogP contribution < -0.4 is 10.1 Å².